The first-order chi connectivity index (χ1) is 12.4. The molecule has 26 heavy (non-hydrogen) atoms. The number of aromatic nitrogens is 3. The smallest absolute Gasteiger partial charge is 0.336 e. The van der Waals surface area contributed by atoms with Crippen molar-refractivity contribution in [3.63, 3.8) is 0 Å². The molecule has 0 amide bonds. The fraction of sp³-hybridized carbons (Fsp3) is 0.286. The Labute approximate surface area is 153 Å². The zero-order valence-electron chi connectivity index (χ0n) is 15.6. The molecule has 0 spiro atoms. The van der Waals surface area contributed by atoms with Crippen LogP contribution in [0.5, 0.6) is 6.01 Å². The lowest BCUT2D eigenvalue weighted by Gasteiger charge is -2.19. The zero-order chi connectivity index (χ0) is 18.7. The van der Waals surface area contributed by atoms with Gasteiger partial charge in [0.05, 0.1) is 6.61 Å². The molecule has 5 heteroatoms. The number of hydrogen-bond acceptors (Lipinski definition) is 4. The highest BCUT2D eigenvalue weighted by Gasteiger charge is 2.20. The van der Waals surface area contributed by atoms with Crippen LogP contribution in [-0.4, -0.2) is 27.3 Å². The average Bonchev–Trinajstić information content (AvgIpc) is 3.05. The molecule has 5 nitrogen and oxygen atoms in total. The minimum Gasteiger partial charge on any atom is -0.463 e. The molecular weight excluding hydrogens is 326 g/mol. The van der Waals surface area contributed by atoms with E-state index in [2.05, 4.69) is 43.0 Å². The van der Waals surface area contributed by atoms with Crippen molar-refractivity contribution >= 4 is 5.91 Å². The Kier molecular flexibility index (Phi) is 4.89. The van der Waals surface area contributed by atoms with Gasteiger partial charge in [-0.2, -0.15) is 9.67 Å². The summed E-state index contributed by atoms with van der Waals surface area (Å²) in [6.07, 6.45) is 0. The number of carbonyl (C=O) groups excluding carboxylic acids is 1. The largest absolute Gasteiger partial charge is 0.463 e. The van der Waals surface area contributed by atoms with Gasteiger partial charge in [0.25, 0.3) is 5.91 Å². The molecule has 0 saturated carbocycles. The molecule has 2 aromatic carbocycles. The minimum absolute atomic E-state index is 0.0581. The van der Waals surface area contributed by atoms with E-state index in [0.717, 1.165) is 5.56 Å². The first kappa shape index (κ1) is 17.9. The van der Waals surface area contributed by atoms with Crippen molar-refractivity contribution in [3.8, 4) is 17.4 Å². The Morgan fingerprint density at radius 3 is 2.27 bits per heavy atom. The van der Waals surface area contributed by atoms with E-state index in [-0.39, 0.29) is 17.3 Å². The lowest BCUT2D eigenvalue weighted by Crippen LogP contribution is -2.15. The fourth-order valence-corrected chi connectivity index (χ4v) is 2.63. The maximum Gasteiger partial charge on any atom is 0.336 e. The molecule has 134 valence electrons. The highest BCUT2D eigenvalue weighted by molar-refractivity contribution is 5.97. The monoisotopic (exact) mass is 349 g/mol. The Morgan fingerprint density at radius 2 is 1.69 bits per heavy atom. The van der Waals surface area contributed by atoms with E-state index in [1.54, 1.807) is 12.1 Å². The van der Waals surface area contributed by atoms with E-state index in [9.17, 15) is 4.79 Å². The average molecular weight is 349 g/mol. The molecule has 0 unspecified atom stereocenters. The van der Waals surface area contributed by atoms with Gasteiger partial charge in [-0.25, -0.2) is 0 Å². The van der Waals surface area contributed by atoms with E-state index in [1.165, 1.54) is 10.2 Å². The maximum atomic E-state index is 12.9. The summed E-state index contributed by atoms with van der Waals surface area (Å²) in [6, 6.07) is 17.3. The summed E-state index contributed by atoms with van der Waals surface area (Å²) in [5.74, 6) is 0.238. The summed E-state index contributed by atoms with van der Waals surface area (Å²) in [6.45, 7) is 8.79. The van der Waals surface area contributed by atoms with Gasteiger partial charge in [-0.1, -0.05) is 63.2 Å². The molecular formula is C21H23N3O2. The van der Waals surface area contributed by atoms with E-state index in [1.807, 2.05) is 37.3 Å². The predicted octanol–water partition coefficient (Wildman–Crippen LogP) is 4.33. The van der Waals surface area contributed by atoms with Crippen LogP contribution in [0.4, 0.5) is 0 Å². The number of carbonyl (C=O) groups is 1. The van der Waals surface area contributed by atoms with E-state index >= 15 is 0 Å². The van der Waals surface area contributed by atoms with Crippen molar-refractivity contribution < 1.29 is 9.53 Å². The Morgan fingerprint density at radius 1 is 1.04 bits per heavy atom. The lowest BCUT2D eigenvalue weighted by atomic mass is 9.87. The van der Waals surface area contributed by atoms with Crippen molar-refractivity contribution in [3.05, 3.63) is 65.7 Å². The summed E-state index contributed by atoms with van der Waals surface area (Å²) in [5, 5.41) is 4.26. The van der Waals surface area contributed by atoms with Crippen LogP contribution < -0.4 is 4.74 Å². The summed E-state index contributed by atoms with van der Waals surface area (Å²) >= 11 is 0. The standard InChI is InChI=1S/C21H23N3O2/c1-5-26-20-22-18(15-11-13-17(14-12-15)21(2,3)4)24(23-20)19(25)16-9-7-6-8-10-16/h6-14H,5H2,1-4H3. The van der Waals surface area contributed by atoms with Gasteiger partial charge >= 0.3 is 6.01 Å². The summed E-state index contributed by atoms with van der Waals surface area (Å²) in [7, 11) is 0. The molecule has 1 heterocycles. The van der Waals surface area contributed by atoms with Crippen molar-refractivity contribution in [1.82, 2.24) is 14.8 Å². The summed E-state index contributed by atoms with van der Waals surface area (Å²) < 4.78 is 6.73. The summed E-state index contributed by atoms with van der Waals surface area (Å²) in [5.41, 5.74) is 2.64. The molecule has 0 saturated heterocycles. The van der Waals surface area contributed by atoms with Crippen LogP contribution in [0.3, 0.4) is 0 Å². The van der Waals surface area contributed by atoms with Crippen molar-refractivity contribution in [2.75, 3.05) is 6.61 Å². The molecule has 0 N–H and O–H groups in total. The first-order valence-corrected chi connectivity index (χ1v) is 8.70. The normalized spacial score (nSPS) is 11.4. The van der Waals surface area contributed by atoms with Crippen molar-refractivity contribution in [2.24, 2.45) is 0 Å². The number of ether oxygens (including phenoxy) is 1. The third-order valence-corrected chi connectivity index (χ3v) is 4.08. The lowest BCUT2D eigenvalue weighted by molar-refractivity contribution is 0.0945. The Hall–Kier alpha value is -2.95. The van der Waals surface area contributed by atoms with Gasteiger partial charge < -0.3 is 4.74 Å². The third-order valence-electron chi connectivity index (χ3n) is 4.08. The van der Waals surface area contributed by atoms with Crippen LogP contribution in [-0.2, 0) is 5.41 Å². The first-order valence-electron chi connectivity index (χ1n) is 8.70. The van der Waals surface area contributed by atoms with Gasteiger partial charge in [-0.15, -0.1) is 5.10 Å². The Bertz CT molecular complexity index is 891. The van der Waals surface area contributed by atoms with Gasteiger partial charge in [-0.3, -0.25) is 4.79 Å². The number of rotatable bonds is 4. The topological polar surface area (TPSA) is 57.0 Å². The number of benzene rings is 2. The molecule has 0 aliphatic rings. The predicted molar refractivity (Wildman–Crippen MR) is 101 cm³/mol. The third kappa shape index (κ3) is 3.67. The molecule has 1 aromatic heterocycles. The molecule has 0 bridgehead atoms. The second-order valence-electron chi connectivity index (χ2n) is 7.06. The van der Waals surface area contributed by atoms with E-state index < -0.39 is 0 Å². The molecule has 3 aromatic rings. The van der Waals surface area contributed by atoms with Crippen molar-refractivity contribution in [2.45, 2.75) is 33.1 Å². The van der Waals surface area contributed by atoms with Crippen LogP contribution in [0.25, 0.3) is 11.4 Å². The molecule has 0 aliphatic carbocycles. The SMILES string of the molecule is CCOc1nc(-c2ccc(C(C)(C)C)cc2)n(C(=O)c2ccccc2)n1. The van der Waals surface area contributed by atoms with Crippen LogP contribution in [0, 0.1) is 0 Å². The van der Waals surface area contributed by atoms with Crippen LogP contribution in [0.2, 0.25) is 0 Å². The van der Waals surface area contributed by atoms with Gasteiger partial charge in [-0.05, 0) is 30.0 Å². The van der Waals surface area contributed by atoms with Crippen molar-refractivity contribution in [1.29, 1.82) is 0 Å². The number of nitrogens with zero attached hydrogens (tertiary/aromatic N) is 3. The van der Waals surface area contributed by atoms with Crippen LogP contribution in [0.1, 0.15) is 43.6 Å². The fourth-order valence-electron chi connectivity index (χ4n) is 2.63. The van der Waals surface area contributed by atoms with Crippen LogP contribution >= 0.6 is 0 Å². The highest BCUT2D eigenvalue weighted by atomic mass is 16.5. The second-order valence-corrected chi connectivity index (χ2v) is 7.06. The Balaban J connectivity index is 2.04. The van der Waals surface area contributed by atoms with Crippen LogP contribution in [0.15, 0.2) is 54.6 Å². The van der Waals surface area contributed by atoms with Gasteiger partial charge in [0.2, 0.25) is 0 Å². The molecule has 0 aliphatic heterocycles. The van der Waals surface area contributed by atoms with E-state index in [0.29, 0.717) is 18.0 Å². The van der Waals surface area contributed by atoms with Gasteiger partial charge in [0.1, 0.15) is 0 Å². The van der Waals surface area contributed by atoms with E-state index in [4.69, 9.17) is 4.74 Å². The molecule has 3 rings (SSSR count). The zero-order valence-corrected chi connectivity index (χ0v) is 15.6. The molecule has 0 radical (unpaired) electrons. The summed E-state index contributed by atoms with van der Waals surface area (Å²) in [4.78, 5) is 17.3. The highest BCUT2D eigenvalue weighted by Crippen LogP contribution is 2.26. The van der Waals surface area contributed by atoms with Gasteiger partial charge in [0.15, 0.2) is 5.82 Å². The number of hydrogen-bond donors (Lipinski definition) is 0. The second kappa shape index (κ2) is 7.12. The minimum atomic E-state index is -0.237. The molecule has 0 fully saturated rings. The molecule has 0 atom stereocenters. The van der Waals surface area contributed by atoms with Gasteiger partial charge in [0, 0.05) is 11.1 Å². The quantitative estimate of drug-likeness (QED) is 0.703. The maximum absolute atomic E-state index is 12.9.